The maximum Gasteiger partial charge on any atom is 0.306 e. The number of anilines is 3. The first-order valence-corrected chi connectivity index (χ1v) is 10.1. The van der Waals surface area contributed by atoms with E-state index in [1.807, 2.05) is 30.3 Å². The van der Waals surface area contributed by atoms with E-state index in [1.54, 1.807) is 24.3 Å². The standard InChI is InChI=1S/C23H23N5O4/c24-21-20(17(27-23(25)28-21)13-31-12-14-4-2-1-3-5-14)15-6-8-16(9-7-15)26-22(30)18-10-11-19(29)32-18/h1-9,18H,10-13H2,(H,26,30)(H4,24,25,27,28)/t18-/m1/s1. The van der Waals surface area contributed by atoms with Gasteiger partial charge in [0.15, 0.2) is 6.10 Å². The molecule has 1 aromatic heterocycles. The number of ether oxygens (including phenoxy) is 2. The minimum atomic E-state index is -0.753. The van der Waals surface area contributed by atoms with Crippen molar-refractivity contribution in [1.82, 2.24) is 9.97 Å². The Balaban J connectivity index is 1.48. The van der Waals surface area contributed by atoms with Crippen LogP contribution >= 0.6 is 0 Å². The number of carbonyl (C=O) groups excluding carboxylic acids is 2. The summed E-state index contributed by atoms with van der Waals surface area (Å²) in [6.45, 7) is 0.619. The Morgan fingerprint density at radius 1 is 1.06 bits per heavy atom. The minimum Gasteiger partial charge on any atom is -0.452 e. The molecule has 0 aliphatic carbocycles. The van der Waals surface area contributed by atoms with Crippen molar-refractivity contribution in [3.05, 3.63) is 65.9 Å². The van der Waals surface area contributed by atoms with E-state index < -0.39 is 6.10 Å². The van der Waals surface area contributed by atoms with Crippen molar-refractivity contribution in [1.29, 1.82) is 0 Å². The number of benzene rings is 2. The molecule has 9 nitrogen and oxygen atoms in total. The summed E-state index contributed by atoms with van der Waals surface area (Å²) in [6, 6.07) is 16.8. The Morgan fingerprint density at radius 3 is 2.50 bits per heavy atom. The van der Waals surface area contributed by atoms with Crippen LogP contribution in [0.4, 0.5) is 17.5 Å². The molecule has 5 N–H and O–H groups in total. The largest absolute Gasteiger partial charge is 0.452 e. The van der Waals surface area contributed by atoms with E-state index in [2.05, 4.69) is 15.3 Å². The van der Waals surface area contributed by atoms with Crippen molar-refractivity contribution >= 4 is 29.3 Å². The van der Waals surface area contributed by atoms with Gasteiger partial charge in [-0.15, -0.1) is 0 Å². The molecule has 0 bridgehead atoms. The zero-order chi connectivity index (χ0) is 22.5. The Labute approximate surface area is 184 Å². The van der Waals surface area contributed by atoms with Crippen LogP contribution in [0.15, 0.2) is 54.6 Å². The molecule has 0 radical (unpaired) electrons. The predicted molar refractivity (Wildman–Crippen MR) is 119 cm³/mol. The molecule has 1 aliphatic heterocycles. The summed E-state index contributed by atoms with van der Waals surface area (Å²) in [5, 5.41) is 2.75. The molecule has 1 atom stereocenters. The van der Waals surface area contributed by atoms with E-state index in [-0.39, 0.29) is 36.7 Å². The molecule has 4 rings (SSSR count). The summed E-state index contributed by atoms with van der Waals surface area (Å²) in [5.41, 5.74) is 15.5. The van der Waals surface area contributed by atoms with E-state index in [1.165, 1.54) is 0 Å². The van der Waals surface area contributed by atoms with E-state index in [0.29, 0.717) is 30.0 Å². The fourth-order valence-corrected chi connectivity index (χ4v) is 3.46. The third-order valence-corrected chi connectivity index (χ3v) is 5.00. The number of rotatable bonds is 7. The van der Waals surface area contributed by atoms with E-state index in [9.17, 15) is 9.59 Å². The Bertz CT molecular complexity index is 1120. The molecular weight excluding hydrogens is 410 g/mol. The highest BCUT2D eigenvalue weighted by Crippen LogP contribution is 2.30. The zero-order valence-electron chi connectivity index (χ0n) is 17.3. The summed E-state index contributed by atoms with van der Waals surface area (Å²) in [6.07, 6.45) is -0.117. The van der Waals surface area contributed by atoms with Crippen LogP contribution < -0.4 is 16.8 Å². The molecule has 1 fully saturated rings. The maximum atomic E-state index is 12.2. The highest BCUT2D eigenvalue weighted by Gasteiger charge is 2.29. The number of amides is 1. The second kappa shape index (κ2) is 9.44. The van der Waals surface area contributed by atoms with E-state index >= 15 is 0 Å². The van der Waals surface area contributed by atoms with Gasteiger partial charge >= 0.3 is 5.97 Å². The maximum absolute atomic E-state index is 12.2. The first kappa shape index (κ1) is 21.3. The summed E-state index contributed by atoms with van der Waals surface area (Å²) < 4.78 is 10.8. The monoisotopic (exact) mass is 433 g/mol. The number of nitrogen functional groups attached to an aromatic ring is 2. The van der Waals surface area contributed by atoms with Crippen LogP contribution in [0.2, 0.25) is 0 Å². The zero-order valence-corrected chi connectivity index (χ0v) is 17.3. The van der Waals surface area contributed by atoms with Crippen molar-refractivity contribution < 1.29 is 19.1 Å². The number of nitrogens with two attached hydrogens (primary N) is 2. The molecule has 2 aromatic carbocycles. The number of esters is 1. The lowest BCUT2D eigenvalue weighted by Gasteiger charge is -2.14. The van der Waals surface area contributed by atoms with Gasteiger partial charge in [0.05, 0.1) is 18.9 Å². The first-order valence-electron chi connectivity index (χ1n) is 10.1. The molecule has 0 saturated carbocycles. The van der Waals surface area contributed by atoms with Crippen LogP contribution in [-0.2, 0) is 32.3 Å². The fraction of sp³-hybridized carbons (Fsp3) is 0.217. The summed E-state index contributed by atoms with van der Waals surface area (Å²) in [5.74, 6) is -0.403. The van der Waals surface area contributed by atoms with Gasteiger partial charge < -0.3 is 26.3 Å². The van der Waals surface area contributed by atoms with Gasteiger partial charge in [0.2, 0.25) is 5.95 Å². The second-order valence-corrected chi connectivity index (χ2v) is 7.35. The van der Waals surface area contributed by atoms with Gasteiger partial charge in [0.25, 0.3) is 5.91 Å². The molecule has 1 aliphatic rings. The van der Waals surface area contributed by atoms with Gasteiger partial charge in [-0.05, 0) is 23.3 Å². The predicted octanol–water partition coefficient (Wildman–Crippen LogP) is 2.67. The van der Waals surface area contributed by atoms with E-state index in [4.69, 9.17) is 20.9 Å². The van der Waals surface area contributed by atoms with Crippen molar-refractivity contribution in [3.8, 4) is 11.1 Å². The molecule has 1 saturated heterocycles. The lowest BCUT2D eigenvalue weighted by atomic mass is 10.0. The van der Waals surface area contributed by atoms with Crippen molar-refractivity contribution in [3.63, 3.8) is 0 Å². The van der Waals surface area contributed by atoms with Crippen molar-refractivity contribution in [2.75, 3.05) is 16.8 Å². The summed E-state index contributed by atoms with van der Waals surface area (Å²) >= 11 is 0. The molecule has 1 amide bonds. The number of aromatic nitrogens is 2. The molecule has 0 spiro atoms. The Kier molecular flexibility index (Phi) is 6.27. The Hall–Kier alpha value is -3.98. The topological polar surface area (TPSA) is 142 Å². The molecule has 164 valence electrons. The normalized spacial score (nSPS) is 15.4. The third kappa shape index (κ3) is 5.01. The molecule has 32 heavy (non-hydrogen) atoms. The number of hydrogen-bond donors (Lipinski definition) is 3. The SMILES string of the molecule is Nc1nc(N)c(-c2ccc(NC(=O)[C@H]3CCC(=O)O3)cc2)c(COCc2ccccc2)n1. The number of carbonyl (C=O) groups is 2. The number of nitrogens with one attached hydrogen (secondary N) is 1. The number of cyclic esters (lactones) is 1. The smallest absolute Gasteiger partial charge is 0.306 e. The lowest BCUT2D eigenvalue weighted by molar-refractivity contribution is -0.146. The quantitative estimate of drug-likeness (QED) is 0.483. The van der Waals surface area contributed by atoms with Crippen molar-refractivity contribution in [2.24, 2.45) is 0 Å². The average molecular weight is 433 g/mol. The van der Waals surface area contributed by atoms with Crippen molar-refractivity contribution in [2.45, 2.75) is 32.2 Å². The van der Waals surface area contributed by atoms with Gasteiger partial charge in [0, 0.05) is 24.1 Å². The molecule has 3 aromatic rings. The van der Waals surface area contributed by atoms with Gasteiger partial charge in [-0.25, -0.2) is 4.98 Å². The molecular formula is C23H23N5O4. The third-order valence-electron chi connectivity index (χ3n) is 5.00. The summed E-state index contributed by atoms with van der Waals surface area (Å²) in [4.78, 5) is 31.8. The van der Waals surface area contributed by atoms with Gasteiger partial charge in [-0.2, -0.15) is 4.98 Å². The molecule has 9 heteroatoms. The van der Waals surface area contributed by atoms with Crippen LogP contribution in [0, 0.1) is 0 Å². The number of nitrogens with zero attached hydrogens (tertiary/aromatic N) is 2. The fourth-order valence-electron chi connectivity index (χ4n) is 3.46. The van der Waals surface area contributed by atoms with Crippen LogP contribution in [0.25, 0.3) is 11.1 Å². The van der Waals surface area contributed by atoms with Crippen LogP contribution in [0.3, 0.4) is 0 Å². The summed E-state index contributed by atoms with van der Waals surface area (Å²) in [7, 11) is 0. The Morgan fingerprint density at radius 2 is 1.81 bits per heavy atom. The highest BCUT2D eigenvalue weighted by molar-refractivity contribution is 5.96. The van der Waals surface area contributed by atoms with E-state index in [0.717, 1.165) is 11.1 Å². The van der Waals surface area contributed by atoms with Crippen LogP contribution in [0.5, 0.6) is 0 Å². The number of hydrogen-bond acceptors (Lipinski definition) is 8. The van der Waals surface area contributed by atoms with Gasteiger partial charge in [-0.1, -0.05) is 42.5 Å². The van der Waals surface area contributed by atoms with Gasteiger partial charge in [-0.3, -0.25) is 9.59 Å². The minimum absolute atomic E-state index is 0.0690. The lowest BCUT2D eigenvalue weighted by Crippen LogP contribution is -2.27. The van der Waals surface area contributed by atoms with Crippen LogP contribution in [-0.4, -0.2) is 27.9 Å². The first-order chi connectivity index (χ1) is 15.5. The molecule has 0 unspecified atom stereocenters. The average Bonchev–Trinajstić information content (AvgIpc) is 3.22. The van der Waals surface area contributed by atoms with Crippen LogP contribution in [0.1, 0.15) is 24.1 Å². The van der Waals surface area contributed by atoms with Gasteiger partial charge in [0.1, 0.15) is 5.82 Å². The second-order valence-electron chi connectivity index (χ2n) is 7.35. The highest BCUT2D eigenvalue weighted by atomic mass is 16.6. The molecule has 2 heterocycles.